The van der Waals surface area contributed by atoms with Gasteiger partial charge in [0, 0.05) is 20.1 Å². The number of rotatable bonds is 3. The number of carbonyl (C=O) groups excluding carboxylic acids is 1. The van der Waals surface area contributed by atoms with Gasteiger partial charge in [-0.3, -0.25) is 4.79 Å². The number of aliphatic hydroxyl groups is 1. The highest BCUT2D eigenvalue weighted by molar-refractivity contribution is 5.80. The molecule has 1 saturated heterocycles. The number of amides is 1. The molecule has 2 heterocycles. The lowest BCUT2D eigenvalue weighted by Crippen LogP contribution is -2.48. The van der Waals surface area contributed by atoms with Gasteiger partial charge in [-0.15, -0.1) is 0 Å². The highest BCUT2D eigenvalue weighted by Gasteiger charge is 2.32. The van der Waals surface area contributed by atoms with E-state index >= 15 is 0 Å². The van der Waals surface area contributed by atoms with Crippen molar-refractivity contribution < 1.29 is 23.1 Å². The maximum absolute atomic E-state index is 12.8. The van der Waals surface area contributed by atoms with Crippen molar-refractivity contribution in [1.82, 2.24) is 19.8 Å². The van der Waals surface area contributed by atoms with Gasteiger partial charge in [-0.2, -0.15) is 13.2 Å². The summed E-state index contributed by atoms with van der Waals surface area (Å²) < 4.78 is 40.1. The Morgan fingerprint density at radius 1 is 1.38 bits per heavy atom. The molecular weight excluding hydrogens is 349 g/mol. The van der Waals surface area contributed by atoms with Crippen molar-refractivity contribution in [2.24, 2.45) is 13.0 Å². The van der Waals surface area contributed by atoms with Crippen molar-refractivity contribution in [3.8, 4) is 0 Å². The molecule has 3 rings (SSSR count). The monoisotopic (exact) mass is 370 g/mol. The van der Waals surface area contributed by atoms with E-state index in [1.165, 1.54) is 6.07 Å². The zero-order chi connectivity index (χ0) is 19.1. The lowest BCUT2D eigenvalue weighted by molar-refractivity contribution is -0.137. The van der Waals surface area contributed by atoms with Gasteiger partial charge in [-0.25, -0.2) is 4.98 Å². The van der Waals surface area contributed by atoms with Gasteiger partial charge in [-0.1, -0.05) is 0 Å². The summed E-state index contributed by atoms with van der Waals surface area (Å²) in [6.45, 7) is 1.28. The number of nitrogens with one attached hydrogen (secondary N) is 1. The van der Waals surface area contributed by atoms with Gasteiger partial charge in [0.1, 0.15) is 5.82 Å². The molecule has 2 aromatic rings. The Hall–Kier alpha value is -2.13. The van der Waals surface area contributed by atoms with Crippen LogP contribution in [0.4, 0.5) is 13.2 Å². The van der Waals surface area contributed by atoms with Crippen molar-refractivity contribution in [2.75, 3.05) is 20.1 Å². The zero-order valence-electron chi connectivity index (χ0n) is 14.5. The van der Waals surface area contributed by atoms with Crippen molar-refractivity contribution in [3.05, 3.63) is 29.6 Å². The molecule has 26 heavy (non-hydrogen) atoms. The van der Waals surface area contributed by atoms with E-state index in [-0.39, 0.29) is 18.0 Å². The number of likely N-dealkylation sites (tertiary alicyclic amines) is 1. The van der Waals surface area contributed by atoms with Gasteiger partial charge in [0.25, 0.3) is 0 Å². The van der Waals surface area contributed by atoms with Gasteiger partial charge in [-0.05, 0) is 31.7 Å². The molecule has 2 atom stereocenters. The number of aliphatic hydroxyl groups excluding tert-OH is 1. The van der Waals surface area contributed by atoms with E-state index in [4.69, 9.17) is 0 Å². The van der Waals surface area contributed by atoms with E-state index < -0.39 is 23.8 Å². The number of aryl methyl sites for hydroxylation is 1. The largest absolute Gasteiger partial charge is 0.416 e. The fourth-order valence-electron chi connectivity index (χ4n) is 3.24. The van der Waals surface area contributed by atoms with Crippen molar-refractivity contribution >= 4 is 16.9 Å². The molecule has 1 amide bonds. The molecule has 0 unspecified atom stereocenters. The summed E-state index contributed by atoms with van der Waals surface area (Å²) in [7, 11) is 3.57. The predicted octanol–water partition coefficient (Wildman–Crippen LogP) is 1.52. The van der Waals surface area contributed by atoms with Crippen LogP contribution in [0.25, 0.3) is 11.0 Å². The number of hydrogen-bond acceptors (Lipinski definition) is 4. The number of aromatic nitrogens is 2. The van der Waals surface area contributed by atoms with Crippen LogP contribution < -0.4 is 5.32 Å². The minimum Gasteiger partial charge on any atom is -0.392 e. The second-order valence-electron chi connectivity index (χ2n) is 6.73. The molecule has 9 heteroatoms. The number of fused-ring (bicyclic) bond motifs is 1. The molecular formula is C17H21F3N4O2. The zero-order valence-corrected chi connectivity index (χ0v) is 14.5. The predicted molar refractivity (Wildman–Crippen MR) is 89.2 cm³/mol. The van der Waals surface area contributed by atoms with Gasteiger partial charge in [0.2, 0.25) is 5.91 Å². The summed E-state index contributed by atoms with van der Waals surface area (Å²) in [6.07, 6.45) is -4.59. The highest BCUT2D eigenvalue weighted by Crippen LogP contribution is 2.31. The molecule has 142 valence electrons. The van der Waals surface area contributed by atoms with Crippen LogP contribution in [0.5, 0.6) is 0 Å². The lowest BCUT2D eigenvalue weighted by atomic mass is 9.94. The summed E-state index contributed by atoms with van der Waals surface area (Å²) in [6, 6.07) is 3.39. The summed E-state index contributed by atoms with van der Waals surface area (Å²) in [5, 5.41) is 12.8. The topological polar surface area (TPSA) is 70.4 Å². The number of alkyl halides is 3. The maximum Gasteiger partial charge on any atom is 0.416 e. The number of imidazole rings is 1. The van der Waals surface area contributed by atoms with Crippen LogP contribution in [-0.4, -0.2) is 51.7 Å². The minimum atomic E-state index is -4.43. The third-order valence-electron chi connectivity index (χ3n) is 4.84. The van der Waals surface area contributed by atoms with E-state index in [2.05, 4.69) is 10.3 Å². The van der Waals surface area contributed by atoms with Gasteiger partial charge >= 0.3 is 6.18 Å². The summed E-state index contributed by atoms with van der Waals surface area (Å²) in [5.74, 6) is -0.362. The van der Waals surface area contributed by atoms with Crippen LogP contribution in [0, 0.1) is 5.92 Å². The number of benzene rings is 1. The van der Waals surface area contributed by atoms with Crippen molar-refractivity contribution in [2.45, 2.75) is 25.2 Å². The van der Waals surface area contributed by atoms with Crippen LogP contribution in [0.15, 0.2) is 18.2 Å². The van der Waals surface area contributed by atoms with Crippen molar-refractivity contribution in [1.29, 1.82) is 0 Å². The summed E-state index contributed by atoms with van der Waals surface area (Å²) in [5.41, 5.74) is 0.0238. The van der Waals surface area contributed by atoms with E-state index in [1.54, 1.807) is 11.6 Å². The van der Waals surface area contributed by atoms with Gasteiger partial charge in [0.05, 0.1) is 35.2 Å². The normalized spacial score (nSPS) is 21.9. The van der Waals surface area contributed by atoms with E-state index in [0.29, 0.717) is 24.3 Å². The van der Waals surface area contributed by atoms with Gasteiger partial charge in [0.15, 0.2) is 0 Å². The molecule has 1 aromatic heterocycles. The fourth-order valence-corrected chi connectivity index (χ4v) is 3.24. The first-order valence-electron chi connectivity index (χ1n) is 8.33. The molecule has 1 aliphatic rings. The Bertz CT molecular complexity index is 818. The third-order valence-corrected chi connectivity index (χ3v) is 4.84. The SMILES string of the molecule is CN1CC[C@H](O)[C@H](C(=O)NCc2nc3cc(C(F)(F)F)ccc3n2C)C1. The van der Waals surface area contributed by atoms with E-state index in [1.807, 2.05) is 11.9 Å². The molecule has 1 aliphatic heterocycles. The molecule has 0 aliphatic carbocycles. The Kier molecular flexibility index (Phi) is 4.94. The molecule has 0 bridgehead atoms. The maximum atomic E-state index is 12.8. The molecule has 2 N–H and O–H groups in total. The fraction of sp³-hybridized carbons (Fsp3) is 0.529. The number of nitrogens with zero attached hydrogens (tertiary/aromatic N) is 3. The number of halogens is 3. The smallest absolute Gasteiger partial charge is 0.392 e. The molecule has 0 saturated carbocycles. The van der Waals surface area contributed by atoms with Crippen molar-refractivity contribution in [3.63, 3.8) is 0 Å². The van der Waals surface area contributed by atoms with Crippen LogP contribution >= 0.6 is 0 Å². The minimum absolute atomic E-state index is 0.0816. The Morgan fingerprint density at radius 3 is 2.81 bits per heavy atom. The Balaban J connectivity index is 1.74. The first kappa shape index (κ1) is 18.7. The van der Waals surface area contributed by atoms with Crippen LogP contribution in [0.2, 0.25) is 0 Å². The van der Waals surface area contributed by atoms with Crippen LogP contribution in [0.3, 0.4) is 0 Å². The standard InChI is InChI=1S/C17H21F3N4O2/c1-23-6-5-14(25)11(9-23)16(26)21-8-15-22-12-7-10(17(18,19)20)3-4-13(12)24(15)2/h3-4,7,11,14,25H,5-6,8-9H2,1-2H3,(H,21,26)/t11-,14+/m1/s1. The second-order valence-corrected chi connectivity index (χ2v) is 6.73. The number of carbonyl (C=O) groups is 1. The third kappa shape index (κ3) is 3.68. The lowest BCUT2D eigenvalue weighted by Gasteiger charge is -2.32. The summed E-state index contributed by atoms with van der Waals surface area (Å²) in [4.78, 5) is 18.5. The molecule has 6 nitrogen and oxygen atoms in total. The van der Waals surface area contributed by atoms with E-state index in [9.17, 15) is 23.1 Å². The molecule has 0 radical (unpaired) electrons. The average molecular weight is 370 g/mol. The highest BCUT2D eigenvalue weighted by atomic mass is 19.4. The molecule has 1 fully saturated rings. The number of hydrogen-bond donors (Lipinski definition) is 2. The van der Waals surface area contributed by atoms with Crippen LogP contribution in [0.1, 0.15) is 17.8 Å². The quantitative estimate of drug-likeness (QED) is 0.860. The molecule has 0 spiro atoms. The molecule has 1 aromatic carbocycles. The van der Waals surface area contributed by atoms with Gasteiger partial charge < -0.3 is 19.9 Å². The Labute approximate surface area is 148 Å². The first-order chi connectivity index (χ1) is 12.2. The first-order valence-corrected chi connectivity index (χ1v) is 8.33. The summed E-state index contributed by atoms with van der Waals surface area (Å²) >= 11 is 0. The average Bonchev–Trinajstić information content (AvgIpc) is 2.89. The number of piperidine rings is 1. The van der Waals surface area contributed by atoms with E-state index in [0.717, 1.165) is 18.7 Å². The Morgan fingerprint density at radius 2 is 2.12 bits per heavy atom. The second kappa shape index (κ2) is 6.88. The van der Waals surface area contributed by atoms with Crippen LogP contribution in [-0.2, 0) is 24.6 Å².